The van der Waals surface area contributed by atoms with E-state index < -0.39 is 0 Å². The zero-order valence-corrected chi connectivity index (χ0v) is 15.4. The molecule has 5 heteroatoms. The lowest BCUT2D eigenvalue weighted by atomic mass is 9.93. The minimum atomic E-state index is -0.384. The molecule has 2 nitrogen and oxygen atoms in total. The van der Waals surface area contributed by atoms with E-state index in [0.717, 1.165) is 13.0 Å². The SMILES string of the molecule is CCCNC(c1ccc(Br)c(Cl)c1F)C(OCC)C(C)C. The van der Waals surface area contributed by atoms with Crippen LogP contribution in [0.25, 0.3) is 0 Å². The predicted octanol–water partition coefficient (Wildman–Crippen LogP) is 5.34. The maximum Gasteiger partial charge on any atom is 0.147 e. The van der Waals surface area contributed by atoms with Crippen LogP contribution in [-0.2, 0) is 4.74 Å². The van der Waals surface area contributed by atoms with Crippen LogP contribution in [0.3, 0.4) is 0 Å². The van der Waals surface area contributed by atoms with Crippen molar-refractivity contribution in [2.24, 2.45) is 5.92 Å². The average Bonchev–Trinajstić information content (AvgIpc) is 2.45. The van der Waals surface area contributed by atoms with Crippen molar-refractivity contribution >= 4 is 27.5 Å². The van der Waals surface area contributed by atoms with Gasteiger partial charge < -0.3 is 10.1 Å². The van der Waals surface area contributed by atoms with Crippen LogP contribution in [0.4, 0.5) is 4.39 Å². The Morgan fingerprint density at radius 2 is 2.00 bits per heavy atom. The highest BCUT2D eigenvalue weighted by Crippen LogP contribution is 2.33. The Bertz CT molecular complexity index is 456. The second-order valence-corrected chi connectivity index (χ2v) is 6.59. The van der Waals surface area contributed by atoms with E-state index in [0.29, 0.717) is 16.6 Å². The fourth-order valence-corrected chi connectivity index (χ4v) is 2.83. The zero-order chi connectivity index (χ0) is 16.0. The van der Waals surface area contributed by atoms with E-state index in [1.165, 1.54) is 0 Å². The molecular weight excluding hydrogens is 357 g/mol. The maximum atomic E-state index is 14.5. The van der Waals surface area contributed by atoms with Crippen LogP contribution in [-0.4, -0.2) is 19.3 Å². The first-order chi connectivity index (χ1) is 9.93. The van der Waals surface area contributed by atoms with Crippen molar-refractivity contribution in [3.05, 3.63) is 33.0 Å². The van der Waals surface area contributed by atoms with Crippen molar-refractivity contribution in [1.29, 1.82) is 0 Å². The van der Waals surface area contributed by atoms with Gasteiger partial charge in [-0.1, -0.05) is 38.4 Å². The van der Waals surface area contributed by atoms with Crippen LogP contribution in [0.5, 0.6) is 0 Å². The van der Waals surface area contributed by atoms with Gasteiger partial charge in [0.2, 0.25) is 0 Å². The molecule has 1 rings (SSSR count). The molecule has 21 heavy (non-hydrogen) atoms. The topological polar surface area (TPSA) is 21.3 Å². The molecule has 0 aliphatic rings. The van der Waals surface area contributed by atoms with Crippen molar-refractivity contribution in [3.8, 4) is 0 Å². The number of hydrogen-bond acceptors (Lipinski definition) is 2. The van der Waals surface area contributed by atoms with Gasteiger partial charge in [-0.3, -0.25) is 0 Å². The van der Waals surface area contributed by atoms with Crippen LogP contribution < -0.4 is 5.32 Å². The van der Waals surface area contributed by atoms with E-state index in [1.54, 1.807) is 12.1 Å². The molecule has 120 valence electrons. The molecule has 0 spiro atoms. The van der Waals surface area contributed by atoms with Crippen LogP contribution in [0.15, 0.2) is 16.6 Å². The number of benzene rings is 1. The van der Waals surface area contributed by atoms with Gasteiger partial charge in [0.25, 0.3) is 0 Å². The Balaban J connectivity index is 3.20. The van der Waals surface area contributed by atoms with E-state index in [9.17, 15) is 4.39 Å². The summed E-state index contributed by atoms with van der Waals surface area (Å²) in [4.78, 5) is 0. The van der Waals surface area contributed by atoms with Crippen molar-refractivity contribution < 1.29 is 9.13 Å². The van der Waals surface area contributed by atoms with Crippen molar-refractivity contribution in [3.63, 3.8) is 0 Å². The third kappa shape index (κ3) is 4.92. The summed E-state index contributed by atoms with van der Waals surface area (Å²) in [5.41, 5.74) is 0.559. The zero-order valence-electron chi connectivity index (χ0n) is 13.1. The Kier molecular flexibility index (Phi) is 8.17. The summed E-state index contributed by atoms with van der Waals surface area (Å²) in [7, 11) is 0. The molecule has 0 bridgehead atoms. The largest absolute Gasteiger partial charge is 0.376 e. The average molecular weight is 381 g/mol. The molecule has 0 heterocycles. The molecule has 0 aromatic heterocycles. The van der Waals surface area contributed by atoms with Gasteiger partial charge >= 0.3 is 0 Å². The summed E-state index contributed by atoms with van der Waals surface area (Å²) in [6.07, 6.45) is 0.868. The minimum Gasteiger partial charge on any atom is -0.376 e. The fourth-order valence-electron chi connectivity index (χ4n) is 2.35. The fraction of sp³-hybridized carbons (Fsp3) is 0.625. The Morgan fingerprint density at radius 1 is 1.33 bits per heavy atom. The molecule has 0 amide bonds. The number of nitrogens with one attached hydrogen (secondary N) is 1. The van der Waals surface area contributed by atoms with E-state index in [1.807, 2.05) is 6.92 Å². The number of ether oxygens (including phenoxy) is 1. The van der Waals surface area contributed by atoms with Gasteiger partial charge in [0.05, 0.1) is 17.2 Å². The molecule has 1 aromatic rings. The lowest BCUT2D eigenvalue weighted by molar-refractivity contribution is 0.00203. The van der Waals surface area contributed by atoms with Gasteiger partial charge in [0.15, 0.2) is 0 Å². The van der Waals surface area contributed by atoms with Gasteiger partial charge in [0.1, 0.15) is 5.82 Å². The van der Waals surface area contributed by atoms with Crippen LogP contribution in [0.1, 0.15) is 45.7 Å². The number of rotatable bonds is 8. The van der Waals surface area contributed by atoms with E-state index >= 15 is 0 Å². The minimum absolute atomic E-state index is 0.103. The molecule has 2 unspecified atom stereocenters. The summed E-state index contributed by atoms with van der Waals surface area (Å²) < 4.78 is 21.0. The van der Waals surface area contributed by atoms with Crippen LogP contribution in [0, 0.1) is 11.7 Å². The molecule has 0 saturated carbocycles. The first-order valence-corrected chi connectivity index (χ1v) is 8.59. The molecule has 1 aromatic carbocycles. The van der Waals surface area contributed by atoms with Gasteiger partial charge in [-0.25, -0.2) is 4.39 Å². The van der Waals surface area contributed by atoms with Crippen LogP contribution in [0.2, 0.25) is 5.02 Å². The number of halogens is 3. The Hall–Kier alpha value is -0.160. The maximum absolute atomic E-state index is 14.5. The summed E-state index contributed by atoms with van der Waals surface area (Å²) in [6.45, 7) is 9.60. The predicted molar refractivity (Wildman–Crippen MR) is 90.4 cm³/mol. The molecular formula is C16H24BrClFNO. The van der Waals surface area contributed by atoms with Gasteiger partial charge in [0, 0.05) is 16.6 Å². The Labute approximate surface area is 140 Å². The quantitative estimate of drug-likeness (QED) is 0.614. The molecule has 0 radical (unpaired) electrons. The monoisotopic (exact) mass is 379 g/mol. The van der Waals surface area contributed by atoms with Gasteiger partial charge in [-0.2, -0.15) is 0 Å². The van der Waals surface area contributed by atoms with Gasteiger partial charge in [-0.05, 0) is 47.8 Å². The molecule has 0 saturated heterocycles. The smallest absolute Gasteiger partial charge is 0.147 e. The second kappa shape index (κ2) is 9.09. The van der Waals surface area contributed by atoms with E-state index in [-0.39, 0.29) is 28.9 Å². The third-order valence-electron chi connectivity index (χ3n) is 3.36. The van der Waals surface area contributed by atoms with Gasteiger partial charge in [-0.15, -0.1) is 0 Å². The van der Waals surface area contributed by atoms with E-state index in [2.05, 4.69) is 42.0 Å². The molecule has 1 N–H and O–H groups in total. The second-order valence-electron chi connectivity index (χ2n) is 5.36. The van der Waals surface area contributed by atoms with Crippen molar-refractivity contribution in [2.75, 3.05) is 13.2 Å². The first kappa shape index (κ1) is 18.9. The Morgan fingerprint density at radius 3 is 2.52 bits per heavy atom. The summed E-state index contributed by atoms with van der Waals surface area (Å²) >= 11 is 9.29. The van der Waals surface area contributed by atoms with E-state index in [4.69, 9.17) is 16.3 Å². The standard InChI is InChI=1S/C16H24BrClFNO/c1-5-9-20-15(16(10(3)4)21-6-2)11-7-8-12(17)13(18)14(11)19/h7-8,10,15-16,20H,5-6,9H2,1-4H3. The van der Waals surface area contributed by atoms with Crippen LogP contribution >= 0.6 is 27.5 Å². The molecule has 0 fully saturated rings. The lowest BCUT2D eigenvalue weighted by Gasteiger charge is -2.31. The van der Waals surface area contributed by atoms with Crippen molar-refractivity contribution in [1.82, 2.24) is 5.32 Å². The normalized spacial score (nSPS) is 14.5. The summed E-state index contributed by atoms with van der Waals surface area (Å²) in [5, 5.41) is 3.52. The first-order valence-electron chi connectivity index (χ1n) is 7.42. The lowest BCUT2D eigenvalue weighted by Crippen LogP contribution is -2.38. The summed E-state index contributed by atoms with van der Waals surface area (Å²) in [6, 6.07) is 3.34. The molecule has 2 atom stereocenters. The highest BCUT2D eigenvalue weighted by Gasteiger charge is 2.29. The molecule has 0 aliphatic heterocycles. The number of hydrogen-bond donors (Lipinski definition) is 1. The third-order valence-corrected chi connectivity index (χ3v) is 4.62. The summed E-state index contributed by atoms with van der Waals surface area (Å²) in [5.74, 6) is -0.119. The highest BCUT2D eigenvalue weighted by atomic mass is 79.9. The molecule has 0 aliphatic carbocycles. The highest BCUT2D eigenvalue weighted by molar-refractivity contribution is 9.10. The van der Waals surface area contributed by atoms with Crippen molar-refractivity contribution in [2.45, 2.75) is 46.3 Å².